The van der Waals surface area contributed by atoms with E-state index in [1.165, 1.54) is 26.0 Å². The molecule has 2 aliphatic rings. The van der Waals surface area contributed by atoms with E-state index in [1.54, 1.807) is 39.0 Å². The topological polar surface area (TPSA) is 135 Å². The third-order valence-corrected chi connectivity index (χ3v) is 4.71. The Morgan fingerprint density at radius 2 is 1.50 bits per heavy atom. The molecule has 2 fully saturated rings. The summed E-state index contributed by atoms with van der Waals surface area (Å²) < 4.78 is 21.8. The average Bonchev–Trinajstić information content (AvgIpc) is 3.24. The second-order valence-electron chi connectivity index (χ2n) is 9.23. The minimum atomic E-state index is -1.65. The first-order valence-electron chi connectivity index (χ1n) is 10.7. The van der Waals surface area contributed by atoms with Gasteiger partial charge in [-0.25, -0.2) is 14.4 Å². The van der Waals surface area contributed by atoms with E-state index in [1.807, 2.05) is 0 Å². The Morgan fingerprint density at radius 1 is 0.971 bits per heavy atom. The molecule has 2 saturated heterocycles. The zero-order chi connectivity index (χ0) is 25.3. The summed E-state index contributed by atoms with van der Waals surface area (Å²) in [5.74, 6) is -5.79. The minimum Gasteiger partial charge on any atom is -0.458 e. The Bertz CT molecular complexity index is 965. The summed E-state index contributed by atoms with van der Waals surface area (Å²) in [6, 6.07) is 7.85. The molecule has 0 unspecified atom stereocenters. The molecule has 0 aliphatic carbocycles. The van der Waals surface area contributed by atoms with Crippen LogP contribution in [0.2, 0.25) is 0 Å². The summed E-state index contributed by atoms with van der Waals surface area (Å²) in [4.78, 5) is 67.2. The normalized spacial score (nSPS) is 22.9. The van der Waals surface area contributed by atoms with E-state index in [0.717, 1.165) is 0 Å². The van der Waals surface area contributed by atoms with Gasteiger partial charge in [-0.2, -0.15) is 0 Å². The molecule has 2 heterocycles. The molecule has 11 heteroatoms. The summed E-state index contributed by atoms with van der Waals surface area (Å²) in [5.41, 5.74) is -0.640. The maximum atomic E-state index is 13.1. The SMILES string of the molecule is CC(C)(C)OC(=O)[C@@H]1OC(C)(C)O[C@H]1C(=O)O[C@H](C(=O)ON1C(=O)CCC1=O)c1ccccc1. The van der Waals surface area contributed by atoms with Gasteiger partial charge in [0.15, 0.2) is 18.0 Å². The molecule has 11 nitrogen and oxygen atoms in total. The van der Waals surface area contributed by atoms with Gasteiger partial charge in [0.05, 0.1) is 0 Å². The van der Waals surface area contributed by atoms with Crippen LogP contribution < -0.4 is 0 Å². The first-order chi connectivity index (χ1) is 15.8. The largest absolute Gasteiger partial charge is 0.458 e. The fraction of sp³-hybridized carbons (Fsp3) is 0.522. The average molecular weight is 477 g/mol. The van der Waals surface area contributed by atoms with E-state index in [4.69, 9.17) is 23.8 Å². The van der Waals surface area contributed by atoms with E-state index >= 15 is 0 Å². The quantitative estimate of drug-likeness (QED) is 0.440. The van der Waals surface area contributed by atoms with Crippen LogP contribution in [0.15, 0.2) is 30.3 Å². The number of nitrogens with zero attached hydrogens (tertiary/aromatic N) is 1. The number of benzene rings is 1. The number of ether oxygens (including phenoxy) is 4. The number of hydroxylamine groups is 2. The van der Waals surface area contributed by atoms with Gasteiger partial charge in [0.2, 0.25) is 6.10 Å². The molecule has 3 atom stereocenters. The Kier molecular flexibility index (Phi) is 7.08. The molecule has 0 spiro atoms. The van der Waals surface area contributed by atoms with Crippen molar-refractivity contribution in [1.29, 1.82) is 0 Å². The summed E-state index contributed by atoms with van der Waals surface area (Å²) in [5, 5.41) is 0.355. The van der Waals surface area contributed by atoms with Crippen LogP contribution in [0.1, 0.15) is 59.1 Å². The summed E-state index contributed by atoms with van der Waals surface area (Å²) in [7, 11) is 0. The lowest BCUT2D eigenvalue weighted by atomic mass is 10.1. The van der Waals surface area contributed by atoms with Crippen molar-refractivity contribution in [3.05, 3.63) is 35.9 Å². The van der Waals surface area contributed by atoms with Crippen LogP contribution >= 0.6 is 0 Å². The van der Waals surface area contributed by atoms with Crippen LogP contribution in [0.5, 0.6) is 0 Å². The lowest BCUT2D eigenvalue weighted by Crippen LogP contribution is -2.43. The number of carbonyl (C=O) groups is 5. The van der Waals surface area contributed by atoms with Gasteiger partial charge in [0, 0.05) is 18.4 Å². The molecule has 0 saturated carbocycles. The van der Waals surface area contributed by atoms with Crippen molar-refractivity contribution in [2.75, 3.05) is 0 Å². The molecule has 0 bridgehead atoms. The predicted octanol–water partition coefficient (Wildman–Crippen LogP) is 1.74. The number of imide groups is 1. The van der Waals surface area contributed by atoms with Crippen LogP contribution in [0.25, 0.3) is 0 Å². The Hall–Kier alpha value is -3.31. The van der Waals surface area contributed by atoms with E-state index < -0.39 is 59.4 Å². The van der Waals surface area contributed by atoms with E-state index in [2.05, 4.69) is 0 Å². The highest BCUT2D eigenvalue weighted by Gasteiger charge is 2.52. The van der Waals surface area contributed by atoms with E-state index in [-0.39, 0.29) is 18.4 Å². The van der Waals surface area contributed by atoms with Crippen molar-refractivity contribution < 1.29 is 47.8 Å². The van der Waals surface area contributed by atoms with Gasteiger partial charge in [-0.1, -0.05) is 30.3 Å². The second kappa shape index (κ2) is 9.51. The number of hydrogen-bond donors (Lipinski definition) is 0. The lowest BCUT2D eigenvalue weighted by molar-refractivity contribution is -0.208. The predicted molar refractivity (Wildman–Crippen MR) is 112 cm³/mol. The van der Waals surface area contributed by atoms with Crippen LogP contribution in [-0.2, 0) is 47.8 Å². The van der Waals surface area contributed by atoms with Crippen LogP contribution in [0.3, 0.4) is 0 Å². The maximum absolute atomic E-state index is 13.1. The molecular weight excluding hydrogens is 450 g/mol. The van der Waals surface area contributed by atoms with Gasteiger partial charge in [0.25, 0.3) is 11.8 Å². The molecular formula is C23H27NO10. The third kappa shape index (κ3) is 5.97. The lowest BCUT2D eigenvalue weighted by Gasteiger charge is -2.24. The minimum absolute atomic E-state index is 0.0954. The number of hydrogen-bond acceptors (Lipinski definition) is 10. The van der Waals surface area contributed by atoms with Gasteiger partial charge >= 0.3 is 17.9 Å². The first-order valence-corrected chi connectivity index (χ1v) is 10.7. The van der Waals surface area contributed by atoms with Crippen molar-refractivity contribution in [3.63, 3.8) is 0 Å². The molecule has 0 N–H and O–H groups in total. The fourth-order valence-electron chi connectivity index (χ4n) is 3.33. The van der Waals surface area contributed by atoms with Gasteiger partial charge in [-0.3, -0.25) is 9.59 Å². The maximum Gasteiger partial charge on any atom is 0.378 e. The molecule has 1 aromatic rings. The van der Waals surface area contributed by atoms with Crippen molar-refractivity contribution in [1.82, 2.24) is 5.06 Å². The Labute approximate surface area is 196 Å². The Balaban J connectivity index is 1.82. The van der Waals surface area contributed by atoms with Gasteiger partial charge in [-0.15, -0.1) is 5.06 Å². The molecule has 184 valence electrons. The highest BCUT2D eigenvalue weighted by Crippen LogP contribution is 2.32. The molecule has 2 aliphatic heterocycles. The zero-order valence-corrected chi connectivity index (χ0v) is 19.6. The monoisotopic (exact) mass is 477 g/mol. The summed E-state index contributed by atoms with van der Waals surface area (Å²) >= 11 is 0. The molecule has 0 aromatic heterocycles. The van der Waals surface area contributed by atoms with E-state index in [9.17, 15) is 24.0 Å². The summed E-state index contributed by atoms with van der Waals surface area (Å²) in [6.07, 6.45) is -4.83. The smallest absolute Gasteiger partial charge is 0.378 e. The van der Waals surface area contributed by atoms with Crippen molar-refractivity contribution in [3.8, 4) is 0 Å². The number of amides is 2. The van der Waals surface area contributed by atoms with Gasteiger partial charge in [-0.05, 0) is 34.6 Å². The highest BCUT2D eigenvalue weighted by molar-refractivity contribution is 6.02. The second-order valence-corrected chi connectivity index (χ2v) is 9.23. The number of rotatable bonds is 6. The van der Waals surface area contributed by atoms with Gasteiger partial charge in [0.1, 0.15) is 5.60 Å². The van der Waals surface area contributed by atoms with E-state index in [0.29, 0.717) is 5.06 Å². The Morgan fingerprint density at radius 3 is 2.03 bits per heavy atom. The fourth-order valence-corrected chi connectivity index (χ4v) is 3.33. The zero-order valence-electron chi connectivity index (χ0n) is 19.6. The van der Waals surface area contributed by atoms with Crippen molar-refractivity contribution >= 4 is 29.7 Å². The van der Waals surface area contributed by atoms with Crippen LogP contribution in [-0.4, -0.2) is 58.4 Å². The first kappa shape index (κ1) is 25.3. The number of esters is 2. The summed E-state index contributed by atoms with van der Waals surface area (Å²) in [6.45, 7) is 7.97. The standard InChI is InChI=1S/C23H27NO10/c1-22(2,3)33-20(28)18-17(31-23(4,5)32-18)19(27)30-16(13-9-7-6-8-10-13)21(29)34-24-14(25)11-12-15(24)26/h6-10,16-18H,11-12H2,1-5H3/t16-,17+,18+/m0/s1. The van der Waals surface area contributed by atoms with Crippen LogP contribution in [0, 0.1) is 0 Å². The molecule has 34 heavy (non-hydrogen) atoms. The molecule has 0 radical (unpaired) electrons. The van der Waals surface area contributed by atoms with Crippen LogP contribution in [0.4, 0.5) is 0 Å². The highest BCUT2D eigenvalue weighted by atomic mass is 16.8. The van der Waals surface area contributed by atoms with Crippen molar-refractivity contribution in [2.45, 2.75) is 77.2 Å². The molecule has 2 amide bonds. The van der Waals surface area contributed by atoms with Crippen molar-refractivity contribution in [2.24, 2.45) is 0 Å². The molecule has 3 rings (SSSR count). The molecule has 1 aromatic carbocycles. The number of carbonyl (C=O) groups excluding carboxylic acids is 5. The third-order valence-electron chi connectivity index (χ3n) is 4.71. The van der Waals surface area contributed by atoms with Gasteiger partial charge < -0.3 is 23.8 Å².